The van der Waals surface area contributed by atoms with Gasteiger partial charge in [-0.05, 0) is 25.7 Å². The topological polar surface area (TPSA) is 167 Å². The molecule has 0 rings (SSSR count). The Morgan fingerprint density at radius 3 is 1.45 bits per heavy atom. The first-order chi connectivity index (χ1) is 15.5. The van der Waals surface area contributed by atoms with Crippen molar-refractivity contribution in [1.82, 2.24) is 10.6 Å². The van der Waals surface area contributed by atoms with Crippen molar-refractivity contribution in [3.63, 3.8) is 0 Å². The van der Waals surface area contributed by atoms with Crippen LogP contribution in [0.15, 0.2) is 0 Å². The summed E-state index contributed by atoms with van der Waals surface area (Å²) in [6.07, 6.45) is 3.25. The van der Waals surface area contributed by atoms with Crippen LogP contribution in [0.4, 0.5) is 0 Å². The van der Waals surface area contributed by atoms with Crippen LogP contribution in [0.1, 0.15) is 91.4 Å². The fourth-order valence-corrected chi connectivity index (χ4v) is 3.03. The van der Waals surface area contributed by atoms with Gasteiger partial charge in [-0.25, -0.2) is 9.59 Å². The minimum atomic E-state index is -1.18. The van der Waals surface area contributed by atoms with E-state index in [9.17, 15) is 33.9 Å². The van der Waals surface area contributed by atoms with Crippen molar-refractivity contribution >= 4 is 35.3 Å². The second-order valence-corrected chi connectivity index (χ2v) is 8.42. The van der Waals surface area contributed by atoms with Crippen LogP contribution >= 0.6 is 0 Å². The molecule has 0 unspecified atom stereocenters. The van der Waals surface area contributed by atoms with Gasteiger partial charge < -0.3 is 20.8 Å². The Hall–Kier alpha value is -2.78. The smallest absolute Gasteiger partial charge is 0.326 e. The molecule has 0 saturated heterocycles. The number of amides is 2. The van der Waals surface area contributed by atoms with E-state index < -0.39 is 35.8 Å². The quantitative estimate of drug-likeness (QED) is 0.208. The molecule has 0 aromatic heterocycles. The monoisotopic (exact) mass is 470 g/mol. The van der Waals surface area contributed by atoms with Crippen LogP contribution in [0, 0.1) is 5.92 Å². The molecule has 0 aliphatic heterocycles. The number of carboxylic acids is 2. The molecule has 0 aromatic carbocycles. The summed E-state index contributed by atoms with van der Waals surface area (Å²) < 4.78 is 0. The molecule has 2 amide bonds. The molecule has 0 radical (unpaired) electrons. The molecular weight excluding hydrogens is 432 g/mol. The number of unbranched alkanes of at least 4 members (excludes halogenated alkanes) is 3. The largest absolute Gasteiger partial charge is 0.480 e. The number of hydrogen-bond donors (Lipinski definition) is 4. The average Bonchev–Trinajstić information content (AvgIpc) is 2.75. The van der Waals surface area contributed by atoms with Gasteiger partial charge in [-0.1, -0.05) is 33.6 Å². The van der Waals surface area contributed by atoms with Gasteiger partial charge in [0.25, 0.3) is 0 Å². The van der Waals surface area contributed by atoms with Gasteiger partial charge in [-0.2, -0.15) is 0 Å². The molecule has 188 valence electrons. The summed E-state index contributed by atoms with van der Waals surface area (Å²) in [7, 11) is 0. The Morgan fingerprint density at radius 2 is 1.09 bits per heavy atom. The van der Waals surface area contributed by atoms with Crippen LogP contribution in [0.5, 0.6) is 0 Å². The zero-order valence-corrected chi connectivity index (χ0v) is 19.9. The number of nitrogens with one attached hydrogen (secondary N) is 2. The lowest BCUT2D eigenvalue weighted by atomic mass is 10.0. The van der Waals surface area contributed by atoms with Crippen LogP contribution in [0.2, 0.25) is 0 Å². The van der Waals surface area contributed by atoms with Gasteiger partial charge in [0.05, 0.1) is 0 Å². The van der Waals surface area contributed by atoms with E-state index in [1.54, 1.807) is 20.8 Å². The predicted molar refractivity (Wildman–Crippen MR) is 120 cm³/mol. The molecule has 0 saturated carbocycles. The maximum Gasteiger partial charge on any atom is 0.326 e. The molecule has 0 fully saturated rings. The lowest BCUT2D eigenvalue weighted by Crippen LogP contribution is -2.41. The van der Waals surface area contributed by atoms with Gasteiger partial charge in [-0.3, -0.25) is 19.2 Å². The van der Waals surface area contributed by atoms with Crippen LogP contribution in [-0.4, -0.2) is 57.6 Å². The van der Waals surface area contributed by atoms with Gasteiger partial charge in [0.1, 0.15) is 23.7 Å². The Balaban J connectivity index is 4.13. The van der Waals surface area contributed by atoms with Crippen LogP contribution in [-0.2, 0) is 28.8 Å². The number of carbonyl (C=O) groups excluding carboxylic acids is 4. The molecule has 0 bridgehead atoms. The van der Waals surface area contributed by atoms with Gasteiger partial charge in [0.2, 0.25) is 11.8 Å². The number of carbonyl (C=O) groups is 6. The molecule has 10 heteroatoms. The fourth-order valence-electron chi connectivity index (χ4n) is 3.03. The van der Waals surface area contributed by atoms with Gasteiger partial charge in [0.15, 0.2) is 0 Å². The highest BCUT2D eigenvalue weighted by atomic mass is 16.4. The van der Waals surface area contributed by atoms with Crippen molar-refractivity contribution < 1.29 is 39.0 Å². The summed E-state index contributed by atoms with van der Waals surface area (Å²) >= 11 is 0. The third kappa shape index (κ3) is 14.8. The van der Waals surface area contributed by atoms with Crippen molar-refractivity contribution in [2.45, 2.75) is 103 Å². The number of rotatable bonds is 19. The first kappa shape index (κ1) is 30.2. The minimum absolute atomic E-state index is 0.0522. The summed E-state index contributed by atoms with van der Waals surface area (Å²) in [5.74, 6) is -3.44. The summed E-state index contributed by atoms with van der Waals surface area (Å²) in [4.78, 5) is 69.5. The maximum absolute atomic E-state index is 12.0. The number of ketones is 2. The molecule has 10 nitrogen and oxygen atoms in total. The van der Waals surface area contributed by atoms with Crippen molar-refractivity contribution in [2.24, 2.45) is 5.92 Å². The molecule has 0 heterocycles. The van der Waals surface area contributed by atoms with Gasteiger partial charge in [-0.15, -0.1) is 0 Å². The minimum Gasteiger partial charge on any atom is -0.480 e. The second-order valence-electron chi connectivity index (χ2n) is 8.42. The Kier molecular flexibility index (Phi) is 15.4. The van der Waals surface area contributed by atoms with Crippen molar-refractivity contribution in [1.29, 1.82) is 0 Å². The summed E-state index contributed by atoms with van der Waals surface area (Å²) in [6, 6.07) is -2.19. The Morgan fingerprint density at radius 1 is 0.667 bits per heavy atom. The molecule has 0 aliphatic rings. The predicted octanol–water partition coefficient (Wildman–Crippen LogP) is 2.23. The van der Waals surface area contributed by atoms with E-state index in [0.29, 0.717) is 32.1 Å². The zero-order chi connectivity index (χ0) is 25.4. The highest BCUT2D eigenvalue weighted by molar-refractivity contribution is 5.85. The van der Waals surface area contributed by atoms with E-state index >= 15 is 0 Å². The van der Waals surface area contributed by atoms with Crippen LogP contribution < -0.4 is 10.6 Å². The van der Waals surface area contributed by atoms with Crippen LogP contribution in [0.25, 0.3) is 0 Å². The molecule has 0 spiro atoms. The molecular formula is C23H38N2O8. The lowest BCUT2D eigenvalue weighted by molar-refractivity contribution is -0.142. The van der Waals surface area contributed by atoms with Crippen molar-refractivity contribution in [2.75, 3.05) is 0 Å². The second kappa shape index (κ2) is 16.8. The number of Topliss-reactive ketones (excluding diaryl/α,β-unsaturated/α-hetero) is 2. The molecule has 0 aromatic rings. The number of carboxylic acid groups (broad SMARTS) is 2. The van der Waals surface area contributed by atoms with E-state index in [0.717, 1.165) is 0 Å². The molecule has 2 atom stereocenters. The van der Waals surface area contributed by atoms with Crippen LogP contribution in [0.3, 0.4) is 0 Å². The van der Waals surface area contributed by atoms with E-state index in [4.69, 9.17) is 5.11 Å². The van der Waals surface area contributed by atoms with Crippen molar-refractivity contribution in [3.8, 4) is 0 Å². The van der Waals surface area contributed by atoms with E-state index in [-0.39, 0.29) is 56.0 Å². The summed E-state index contributed by atoms with van der Waals surface area (Å²) in [6.45, 7) is 5.17. The lowest BCUT2D eigenvalue weighted by Gasteiger charge is -2.15. The third-order valence-electron chi connectivity index (χ3n) is 5.25. The SMILES string of the molecule is CCC(=O)CC[C@H](NC(=O)CCCCCCC(=O)N[C@@H](CCC(=O)C(C)C)C(=O)O)C(=O)O. The van der Waals surface area contributed by atoms with E-state index in [2.05, 4.69) is 10.6 Å². The zero-order valence-electron chi connectivity index (χ0n) is 19.9. The molecule has 0 aliphatic carbocycles. The highest BCUT2D eigenvalue weighted by Crippen LogP contribution is 2.09. The van der Waals surface area contributed by atoms with E-state index in [1.165, 1.54) is 0 Å². The van der Waals surface area contributed by atoms with Gasteiger partial charge >= 0.3 is 11.9 Å². The molecule has 33 heavy (non-hydrogen) atoms. The summed E-state index contributed by atoms with van der Waals surface area (Å²) in [5.41, 5.74) is 0. The Labute approximate surface area is 194 Å². The average molecular weight is 471 g/mol. The fraction of sp³-hybridized carbons (Fsp3) is 0.739. The number of aliphatic carboxylic acids is 2. The number of hydrogen-bond acceptors (Lipinski definition) is 6. The first-order valence-electron chi connectivity index (χ1n) is 11.6. The first-order valence-corrected chi connectivity index (χ1v) is 11.6. The standard InChI is InChI=1S/C23H38N2O8/c1-4-16(26)11-12-17(22(30)31)24-20(28)9-7-5-6-8-10-21(29)25-18(23(32)33)13-14-19(27)15(2)3/h15,17-18H,4-14H2,1-3H3,(H,24,28)(H,25,29)(H,30,31)(H,32,33)/t17-,18-/m0/s1. The highest BCUT2D eigenvalue weighted by Gasteiger charge is 2.22. The normalized spacial score (nSPS) is 12.6. The Bertz CT molecular complexity index is 690. The molecule has 4 N–H and O–H groups in total. The van der Waals surface area contributed by atoms with E-state index in [1.807, 2.05) is 0 Å². The van der Waals surface area contributed by atoms with Crippen molar-refractivity contribution in [3.05, 3.63) is 0 Å². The maximum atomic E-state index is 12.0. The summed E-state index contributed by atoms with van der Waals surface area (Å²) in [5, 5.41) is 23.3. The van der Waals surface area contributed by atoms with Gasteiger partial charge in [0, 0.05) is 38.0 Å². The third-order valence-corrected chi connectivity index (χ3v) is 5.25.